The molecule has 1 nitrogen and oxygen atoms in total. The molecule has 2 rings (SSSR count). The zero-order chi connectivity index (χ0) is 13.1. The first-order valence-electron chi connectivity index (χ1n) is 5.82. The normalized spacial score (nSPS) is 10.4. The molecule has 0 spiro atoms. The second-order valence-corrected chi connectivity index (χ2v) is 5.26. The Bertz CT molecular complexity index is 546. The molecule has 0 aliphatic carbocycles. The van der Waals surface area contributed by atoms with Crippen molar-refractivity contribution in [1.82, 2.24) is 0 Å². The van der Waals surface area contributed by atoms with Crippen LogP contribution in [-0.2, 0) is 6.54 Å². The van der Waals surface area contributed by atoms with E-state index in [1.54, 1.807) is 12.1 Å². The molecule has 0 aliphatic rings. The number of rotatable bonds is 3. The molecule has 0 heterocycles. The predicted molar refractivity (Wildman–Crippen MR) is 77.3 cm³/mol. The molecule has 2 aromatic rings. The van der Waals surface area contributed by atoms with Crippen LogP contribution >= 0.6 is 15.9 Å². The molecule has 94 valence electrons. The van der Waals surface area contributed by atoms with E-state index in [1.807, 2.05) is 6.07 Å². The summed E-state index contributed by atoms with van der Waals surface area (Å²) in [5.74, 6) is -0.232. The third-order valence-corrected chi connectivity index (χ3v) is 3.52. The van der Waals surface area contributed by atoms with E-state index in [2.05, 4.69) is 47.2 Å². The summed E-state index contributed by atoms with van der Waals surface area (Å²) in [6.45, 7) is 4.77. The van der Waals surface area contributed by atoms with Crippen molar-refractivity contribution in [3.05, 3.63) is 63.4 Å². The zero-order valence-electron chi connectivity index (χ0n) is 10.4. The minimum absolute atomic E-state index is 0.232. The van der Waals surface area contributed by atoms with Crippen molar-refractivity contribution >= 4 is 21.6 Å². The highest BCUT2D eigenvalue weighted by Gasteiger charge is 2.05. The average Bonchev–Trinajstić information content (AvgIpc) is 2.33. The van der Waals surface area contributed by atoms with Crippen molar-refractivity contribution in [2.45, 2.75) is 20.4 Å². The maximum atomic E-state index is 13.6. The Kier molecular flexibility index (Phi) is 4.02. The van der Waals surface area contributed by atoms with Crippen molar-refractivity contribution in [2.24, 2.45) is 0 Å². The molecule has 0 bridgehead atoms. The summed E-state index contributed by atoms with van der Waals surface area (Å²) in [6, 6.07) is 11.1. The highest BCUT2D eigenvalue weighted by Crippen LogP contribution is 2.22. The molecule has 2 aromatic carbocycles. The maximum absolute atomic E-state index is 13.6. The molecule has 0 radical (unpaired) electrons. The van der Waals surface area contributed by atoms with Gasteiger partial charge in [-0.1, -0.05) is 34.1 Å². The lowest BCUT2D eigenvalue weighted by Crippen LogP contribution is -2.04. The van der Waals surface area contributed by atoms with Crippen LogP contribution in [0.5, 0.6) is 0 Å². The first-order valence-corrected chi connectivity index (χ1v) is 6.61. The van der Waals surface area contributed by atoms with Gasteiger partial charge in [-0.2, -0.15) is 0 Å². The quantitative estimate of drug-likeness (QED) is 0.857. The van der Waals surface area contributed by atoms with Gasteiger partial charge in [-0.25, -0.2) is 4.39 Å². The summed E-state index contributed by atoms with van der Waals surface area (Å²) < 4.78 is 14.5. The molecule has 0 aromatic heterocycles. The second-order valence-electron chi connectivity index (χ2n) is 4.35. The number of hydrogen-bond acceptors (Lipinski definition) is 1. The molecule has 3 heteroatoms. The molecular weight excluding hydrogens is 293 g/mol. The molecule has 1 N–H and O–H groups in total. The number of halogens is 2. The topological polar surface area (TPSA) is 12.0 Å². The maximum Gasteiger partial charge on any atom is 0.146 e. The summed E-state index contributed by atoms with van der Waals surface area (Å²) in [6.07, 6.45) is 0. The van der Waals surface area contributed by atoms with Gasteiger partial charge in [0.2, 0.25) is 0 Å². The van der Waals surface area contributed by atoms with Crippen LogP contribution in [0.25, 0.3) is 0 Å². The minimum atomic E-state index is -0.232. The van der Waals surface area contributed by atoms with Gasteiger partial charge in [-0.05, 0) is 48.7 Å². The van der Waals surface area contributed by atoms with E-state index in [0.717, 1.165) is 4.47 Å². The van der Waals surface area contributed by atoms with Gasteiger partial charge in [0.1, 0.15) is 5.82 Å². The molecule has 0 aliphatic heterocycles. The van der Waals surface area contributed by atoms with Crippen LogP contribution in [0.1, 0.15) is 16.7 Å². The Labute approximate surface area is 115 Å². The molecule has 0 saturated heterocycles. The first kappa shape index (κ1) is 13.1. The minimum Gasteiger partial charge on any atom is -0.379 e. The van der Waals surface area contributed by atoms with Gasteiger partial charge in [0, 0.05) is 11.0 Å². The second kappa shape index (κ2) is 5.53. The van der Waals surface area contributed by atoms with Crippen LogP contribution in [0.2, 0.25) is 0 Å². The van der Waals surface area contributed by atoms with Gasteiger partial charge >= 0.3 is 0 Å². The third kappa shape index (κ3) is 2.91. The molecule has 0 fully saturated rings. The van der Waals surface area contributed by atoms with Gasteiger partial charge in [0.05, 0.1) is 5.69 Å². The lowest BCUT2D eigenvalue weighted by molar-refractivity contribution is 0.630. The summed E-state index contributed by atoms with van der Waals surface area (Å²) in [7, 11) is 0. The monoisotopic (exact) mass is 307 g/mol. The summed E-state index contributed by atoms with van der Waals surface area (Å²) in [4.78, 5) is 0. The molecule has 18 heavy (non-hydrogen) atoms. The Balaban J connectivity index is 2.19. The SMILES string of the molecule is Cc1cccc(C)c1CNc1cc(Br)ccc1F. The fraction of sp³-hybridized carbons (Fsp3) is 0.200. The van der Waals surface area contributed by atoms with Crippen molar-refractivity contribution in [3.63, 3.8) is 0 Å². The van der Waals surface area contributed by atoms with Crippen molar-refractivity contribution in [3.8, 4) is 0 Å². The Morgan fingerprint density at radius 3 is 2.44 bits per heavy atom. The van der Waals surface area contributed by atoms with Gasteiger partial charge in [-0.3, -0.25) is 0 Å². The summed E-state index contributed by atoms with van der Waals surface area (Å²) in [5, 5.41) is 3.15. The summed E-state index contributed by atoms with van der Waals surface area (Å²) in [5.41, 5.74) is 4.18. The van der Waals surface area contributed by atoms with E-state index in [-0.39, 0.29) is 5.82 Å². The Morgan fingerprint density at radius 2 is 1.78 bits per heavy atom. The van der Waals surface area contributed by atoms with E-state index >= 15 is 0 Å². The van der Waals surface area contributed by atoms with Crippen LogP contribution < -0.4 is 5.32 Å². The number of anilines is 1. The van der Waals surface area contributed by atoms with Crippen LogP contribution in [0.3, 0.4) is 0 Å². The molecule has 0 saturated carbocycles. The highest BCUT2D eigenvalue weighted by molar-refractivity contribution is 9.10. The van der Waals surface area contributed by atoms with Gasteiger partial charge < -0.3 is 5.32 Å². The van der Waals surface area contributed by atoms with Crippen molar-refractivity contribution in [2.75, 3.05) is 5.32 Å². The van der Waals surface area contributed by atoms with E-state index < -0.39 is 0 Å². The molecule has 0 atom stereocenters. The lowest BCUT2D eigenvalue weighted by atomic mass is 10.0. The van der Waals surface area contributed by atoms with Crippen LogP contribution in [0, 0.1) is 19.7 Å². The van der Waals surface area contributed by atoms with Gasteiger partial charge in [0.15, 0.2) is 0 Å². The van der Waals surface area contributed by atoms with Gasteiger partial charge in [-0.15, -0.1) is 0 Å². The van der Waals surface area contributed by atoms with E-state index in [0.29, 0.717) is 12.2 Å². The zero-order valence-corrected chi connectivity index (χ0v) is 12.0. The standard InChI is InChI=1S/C15H15BrFN/c1-10-4-3-5-11(2)13(10)9-18-15-8-12(16)6-7-14(15)17/h3-8,18H,9H2,1-2H3. The van der Waals surface area contributed by atoms with Crippen LogP contribution in [0.15, 0.2) is 40.9 Å². The third-order valence-electron chi connectivity index (χ3n) is 3.03. The highest BCUT2D eigenvalue weighted by atomic mass is 79.9. The first-order chi connectivity index (χ1) is 8.58. The number of hydrogen-bond donors (Lipinski definition) is 1. The van der Waals surface area contributed by atoms with E-state index in [1.165, 1.54) is 22.8 Å². The fourth-order valence-corrected chi connectivity index (χ4v) is 2.31. The lowest BCUT2D eigenvalue weighted by Gasteiger charge is -2.12. The Hall–Kier alpha value is -1.35. The van der Waals surface area contributed by atoms with Crippen molar-refractivity contribution in [1.29, 1.82) is 0 Å². The van der Waals surface area contributed by atoms with E-state index in [9.17, 15) is 4.39 Å². The largest absolute Gasteiger partial charge is 0.379 e. The molecule has 0 unspecified atom stereocenters. The number of benzene rings is 2. The van der Waals surface area contributed by atoms with Gasteiger partial charge in [0.25, 0.3) is 0 Å². The fourth-order valence-electron chi connectivity index (χ4n) is 1.94. The molecule has 0 amide bonds. The van der Waals surface area contributed by atoms with Crippen LogP contribution in [0.4, 0.5) is 10.1 Å². The van der Waals surface area contributed by atoms with E-state index in [4.69, 9.17) is 0 Å². The average molecular weight is 308 g/mol. The smallest absolute Gasteiger partial charge is 0.146 e. The summed E-state index contributed by atoms with van der Waals surface area (Å²) >= 11 is 3.34. The number of nitrogens with one attached hydrogen (secondary N) is 1. The Morgan fingerprint density at radius 1 is 1.11 bits per heavy atom. The predicted octanol–water partition coefficient (Wildman–Crippen LogP) is 4.82. The van der Waals surface area contributed by atoms with Crippen LogP contribution in [-0.4, -0.2) is 0 Å². The number of aryl methyl sites for hydroxylation is 2. The molecular formula is C15H15BrFN. The van der Waals surface area contributed by atoms with Crippen molar-refractivity contribution < 1.29 is 4.39 Å².